The molecule has 4 rings (SSSR count). The Morgan fingerprint density at radius 3 is 2.85 bits per heavy atom. The smallest absolute Gasteiger partial charge is 0.330 e. The predicted molar refractivity (Wildman–Crippen MR) is 100 cm³/mol. The standard InChI is InChI=1S/C19H20FN3O3S/c1-11-5-6-15(13(20)9-11)23-14-4-2-3-12(14)16(22-23)17(24)21-19(18(25)26)7-8-27-10-19/h5-6,9H,2-4,7-8,10H2,1H3,(H,21,24)(H,25,26). The molecule has 0 radical (unpaired) electrons. The normalized spacial score (nSPS) is 21.3. The summed E-state index contributed by atoms with van der Waals surface area (Å²) in [6, 6.07) is 4.90. The van der Waals surface area contributed by atoms with Crippen LogP contribution in [-0.4, -0.2) is 43.8 Å². The molecule has 1 amide bonds. The van der Waals surface area contributed by atoms with Crippen molar-refractivity contribution in [3.63, 3.8) is 0 Å². The van der Waals surface area contributed by atoms with Crippen LogP contribution in [0, 0.1) is 12.7 Å². The minimum absolute atomic E-state index is 0.208. The molecule has 0 spiro atoms. The van der Waals surface area contributed by atoms with Gasteiger partial charge in [0.1, 0.15) is 17.0 Å². The maximum absolute atomic E-state index is 14.5. The number of carbonyl (C=O) groups excluding carboxylic acids is 1. The zero-order chi connectivity index (χ0) is 19.2. The number of halogens is 1. The first-order valence-electron chi connectivity index (χ1n) is 8.92. The van der Waals surface area contributed by atoms with Crippen LogP contribution in [0.5, 0.6) is 0 Å². The second kappa shape index (κ2) is 6.67. The number of carboxylic acid groups (broad SMARTS) is 1. The van der Waals surface area contributed by atoms with Crippen molar-refractivity contribution < 1.29 is 19.1 Å². The van der Waals surface area contributed by atoms with Crippen molar-refractivity contribution in [3.8, 4) is 5.69 Å². The first kappa shape index (κ1) is 18.0. The molecule has 2 aliphatic rings. The maximum atomic E-state index is 14.5. The van der Waals surface area contributed by atoms with Crippen molar-refractivity contribution in [3.05, 3.63) is 46.5 Å². The van der Waals surface area contributed by atoms with Crippen molar-refractivity contribution in [2.45, 2.75) is 38.1 Å². The molecule has 1 atom stereocenters. The second-order valence-corrected chi connectivity index (χ2v) is 8.24. The largest absolute Gasteiger partial charge is 0.479 e. The third-order valence-electron chi connectivity index (χ3n) is 5.26. The van der Waals surface area contributed by atoms with Crippen LogP contribution in [-0.2, 0) is 17.6 Å². The van der Waals surface area contributed by atoms with Crippen molar-refractivity contribution in [2.75, 3.05) is 11.5 Å². The number of thioether (sulfide) groups is 1. The Morgan fingerprint density at radius 1 is 1.37 bits per heavy atom. The van der Waals surface area contributed by atoms with Gasteiger partial charge in [0.15, 0.2) is 5.69 Å². The van der Waals surface area contributed by atoms with E-state index < -0.39 is 23.2 Å². The Morgan fingerprint density at radius 2 is 2.19 bits per heavy atom. The van der Waals surface area contributed by atoms with Crippen LogP contribution in [0.4, 0.5) is 4.39 Å². The van der Waals surface area contributed by atoms with Crippen LogP contribution in [0.3, 0.4) is 0 Å². The molecule has 8 heteroatoms. The van der Waals surface area contributed by atoms with E-state index in [1.165, 1.54) is 22.5 Å². The fourth-order valence-electron chi connectivity index (χ4n) is 3.76. The van der Waals surface area contributed by atoms with Crippen LogP contribution in [0.15, 0.2) is 18.2 Å². The molecule has 2 heterocycles. The van der Waals surface area contributed by atoms with Crippen molar-refractivity contribution in [1.29, 1.82) is 0 Å². The third kappa shape index (κ3) is 3.01. The van der Waals surface area contributed by atoms with Crippen LogP contribution in [0.2, 0.25) is 0 Å². The van der Waals surface area contributed by atoms with Gasteiger partial charge in [0.2, 0.25) is 0 Å². The Hall–Kier alpha value is -2.35. The highest BCUT2D eigenvalue weighted by Crippen LogP contribution is 2.31. The summed E-state index contributed by atoms with van der Waals surface area (Å²) in [6.45, 7) is 1.81. The number of amides is 1. The SMILES string of the molecule is Cc1ccc(-n2nc(C(=O)NC3(C(=O)O)CCSC3)c3c2CCC3)c(F)c1. The fraction of sp³-hybridized carbons (Fsp3) is 0.421. The minimum atomic E-state index is -1.26. The van der Waals surface area contributed by atoms with E-state index in [4.69, 9.17) is 0 Å². The number of rotatable bonds is 4. The van der Waals surface area contributed by atoms with Gasteiger partial charge in [-0.15, -0.1) is 0 Å². The van der Waals surface area contributed by atoms with E-state index in [9.17, 15) is 19.1 Å². The molecule has 1 aliphatic carbocycles. The molecule has 1 unspecified atom stereocenters. The van der Waals surface area contributed by atoms with E-state index in [1.807, 2.05) is 6.92 Å². The van der Waals surface area contributed by atoms with E-state index in [0.29, 0.717) is 36.5 Å². The molecule has 1 aliphatic heterocycles. The van der Waals surface area contributed by atoms with Crippen LogP contribution in [0.25, 0.3) is 5.69 Å². The molecule has 6 nitrogen and oxygen atoms in total. The summed E-state index contributed by atoms with van der Waals surface area (Å²) in [5.74, 6) is -0.892. The molecule has 0 saturated carbocycles. The molecular formula is C19H20FN3O3S. The first-order chi connectivity index (χ1) is 12.9. The highest BCUT2D eigenvalue weighted by Gasteiger charge is 2.44. The zero-order valence-electron chi connectivity index (χ0n) is 14.9. The predicted octanol–water partition coefficient (Wildman–Crippen LogP) is 2.50. The summed E-state index contributed by atoms with van der Waals surface area (Å²) < 4.78 is 16.0. The summed E-state index contributed by atoms with van der Waals surface area (Å²) in [4.78, 5) is 24.6. The van der Waals surface area contributed by atoms with Gasteiger partial charge in [0.05, 0.1) is 0 Å². The highest BCUT2D eigenvalue weighted by atomic mass is 32.2. The number of fused-ring (bicyclic) bond motifs is 1. The molecule has 2 aromatic rings. The van der Waals surface area contributed by atoms with E-state index in [-0.39, 0.29) is 5.69 Å². The van der Waals surface area contributed by atoms with Gasteiger partial charge in [0.25, 0.3) is 5.91 Å². The lowest BCUT2D eigenvalue weighted by molar-refractivity contribution is -0.143. The molecule has 1 saturated heterocycles. The van der Waals surface area contributed by atoms with Crippen LogP contribution < -0.4 is 5.32 Å². The average molecular weight is 389 g/mol. The Bertz CT molecular complexity index is 935. The van der Waals surface area contributed by atoms with Crippen molar-refractivity contribution in [1.82, 2.24) is 15.1 Å². The van der Waals surface area contributed by atoms with Crippen molar-refractivity contribution in [2.24, 2.45) is 0 Å². The lowest BCUT2D eigenvalue weighted by atomic mass is 9.98. The van der Waals surface area contributed by atoms with E-state index >= 15 is 0 Å². The number of hydrogen-bond donors (Lipinski definition) is 2. The zero-order valence-corrected chi connectivity index (χ0v) is 15.7. The summed E-state index contributed by atoms with van der Waals surface area (Å²) in [6.07, 6.45) is 2.64. The summed E-state index contributed by atoms with van der Waals surface area (Å²) in [5, 5.41) is 16.7. The lowest BCUT2D eigenvalue weighted by Crippen LogP contribution is -2.55. The molecule has 1 fully saturated rings. The summed E-state index contributed by atoms with van der Waals surface area (Å²) in [5.41, 5.74) is 1.68. The number of benzene rings is 1. The number of carboxylic acids is 1. The van der Waals surface area contributed by atoms with Gasteiger partial charge in [-0.1, -0.05) is 6.07 Å². The molecule has 2 N–H and O–H groups in total. The van der Waals surface area contributed by atoms with Crippen LogP contribution in [0.1, 0.15) is 40.2 Å². The number of aromatic nitrogens is 2. The van der Waals surface area contributed by atoms with Crippen LogP contribution >= 0.6 is 11.8 Å². The number of aryl methyl sites for hydroxylation is 1. The van der Waals surface area contributed by atoms with Gasteiger partial charge in [-0.25, -0.2) is 13.9 Å². The van der Waals surface area contributed by atoms with E-state index in [0.717, 1.165) is 23.2 Å². The quantitative estimate of drug-likeness (QED) is 0.839. The summed E-state index contributed by atoms with van der Waals surface area (Å²) >= 11 is 1.51. The minimum Gasteiger partial charge on any atom is -0.479 e. The third-order valence-corrected chi connectivity index (χ3v) is 6.45. The second-order valence-electron chi connectivity index (χ2n) is 7.14. The number of nitrogens with one attached hydrogen (secondary N) is 1. The van der Waals surface area contributed by atoms with Crippen molar-refractivity contribution >= 4 is 23.6 Å². The molecule has 0 bridgehead atoms. The Kier molecular flexibility index (Phi) is 4.46. The van der Waals surface area contributed by atoms with Gasteiger partial charge in [0, 0.05) is 17.0 Å². The monoisotopic (exact) mass is 389 g/mol. The number of aliphatic carboxylic acids is 1. The van der Waals surface area contributed by atoms with Gasteiger partial charge < -0.3 is 10.4 Å². The first-order valence-corrected chi connectivity index (χ1v) is 10.1. The molecule has 142 valence electrons. The van der Waals surface area contributed by atoms with E-state index in [2.05, 4.69) is 10.4 Å². The molecular weight excluding hydrogens is 369 g/mol. The van der Waals surface area contributed by atoms with Gasteiger partial charge >= 0.3 is 5.97 Å². The molecule has 1 aromatic carbocycles. The van der Waals surface area contributed by atoms with E-state index in [1.54, 1.807) is 12.1 Å². The highest BCUT2D eigenvalue weighted by molar-refractivity contribution is 7.99. The number of nitrogens with zero attached hydrogens (tertiary/aromatic N) is 2. The Labute approximate surface area is 160 Å². The maximum Gasteiger partial charge on any atom is 0.330 e. The average Bonchev–Trinajstić information content (AvgIpc) is 3.31. The van der Waals surface area contributed by atoms with Gasteiger partial charge in [-0.2, -0.15) is 16.9 Å². The Balaban J connectivity index is 1.72. The summed E-state index contributed by atoms with van der Waals surface area (Å²) in [7, 11) is 0. The topological polar surface area (TPSA) is 84.2 Å². The lowest BCUT2D eigenvalue weighted by Gasteiger charge is -2.24. The van der Waals surface area contributed by atoms with Gasteiger partial charge in [-0.05, 0) is 56.1 Å². The number of carbonyl (C=O) groups is 2. The molecule has 1 aromatic heterocycles. The van der Waals surface area contributed by atoms with Gasteiger partial charge in [-0.3, -0.25) is 4.79 Å². The molecule has 27 heavy (non-hydrogen) atoms. The number of hydrogen-bond acceptors (Lipinski definition) is 4. The fourth-order valence-corrected chi connectivity index (χ4v) is 5.09.